The number of methoxy groups -OCH3 is 1. The summed E-state index contributed by atoms with van der Waals surface area (Å²) in [5.74, 6) is -0.581. The first-order valence-electron chi connectivity index (χ1n) is 4.59. The Morgan fingerprint density at radius 2 is 1.81 bits per heavy atom. The Morgan fingerprint density at radius 1 is 1.19 bits per heavy atom. The van der Waals surface area contributed by atoms with Crippen LogP contribution < -0.4 is 4.74 Å². The average Bonchev–Trinajstić information content (AvgIpc) is 2.87. The van der Waals surface area contributed by atoms with Gasteiger partial charge in [0.2, 0.25) is 0 Å². The molecule has 1 N–H and O–H groups in total. The maximum Gasteiger partial charge on any atom is 0.339 e. The quantitative estimate of drug-likeness (QED) is 0.845. The van der Waals surface area contributed by atoms with Crippen LogP contribution in [0.3, 0.4) is 0 Å². The van der Waals surface area contributed by atoms with Crippen LogP contribution in [0.15, 0.2) is 53.3 Å². The van der Waals surface area contributed by atoms with Crippen LogP contribution in [0.25, 0.3) is 0 Å². The fraction of sp³-hybridized carbons (Fsp3) is 0.0833. The van der Waals surface area contributed by atoms with Gasteiger partial charge >= 0.3 is 5.97 Å². The molecule has 2 rings (SSSR count). The number of rotatable bonds is 2. The van der Waals surface area contributed by atoms with Crippen LogP contribution in [0.5, 0.6) is 5.75 Å². The van der Waals surface area contributed by atoms with E-state index in [4.69, 9.17) is 9.84 Å². The van der Waals surface area contributed by atoms with Crippen molar-refractivity contribution < 1.29 is 19.1 Å². The maximum atomic E-state index is 10.5. The molecule has 0 aliphatic rings. The van der Waals surface area contributed by atoms with Gasteiger partial charge in [-0.3, -0.25) is 0 Å². The summed E-state index contributed by atoms with van der Waals surface area (Å²) in [6.45, 7) is 0. The molecule has 0 fully saturated rings. The third kappa shape index (κ3) is 3.49. The fourth-order valence-electron chi connectivity index (χ4n) is 1.05. The molecule has 16 heavy (non-hydrogen) atoms. The number of hydrogen-bond acceptors (Lipinski definition) is 3. The second kappa shape index (κ2) is 6.29. The van der Waals surface area contributed by atoms with Crippen molar-refractivity contribution in [2.45, 2.75) is 0 Å². The van der Waals surface area contributed by atoms with E-state index >= 15 is 0 Å². The number of benzene rings is 1. The van der Waals surface area contributed by atoms with Gasteiger partial charge < -0.3 is 14.3 Å². The van der Waals surface area contributed by atoms with Gasteiger partial charge in [-0.05, 0) is 24.3 Å². The number of para-hydroxylation sites is 1. The van der Waals surface area contributed by atoms with E-state index < -0.39 is 5.97 Å². The van der Waals surface area contributed by atoms with Gasteiger partial charge in [0.25, 0.3) is 0 Å². The standard InChI is InChI=1S/C8H8O3.C4H4O/c1-11-7-5-3-2-4-6(7)8(9)10;1-2-4-5-3-1/h2-5H,1H3,(H,9,10);1-4H. The summed E-state index contributed by atoms with van der Waals surface area (Å²) in [4.78, 5) is 10.5. The summed E-state index contributed by atoms with van der Waals surface area (Å²) < 4.78 is 9.41. The zero-order valence-corrected chi connectivity index (χ0v) is 8.79. The summed E-state index contributed by atoms with van der Waals surface area (Å²) in [5, 5.41) is 8.62. The molecule has 0 spiro atoms. The highest BCUT2D eigenvalue weighted by Gasteiger charge is 2.07. The van der Waals surface area contributed by atoms with E-state index in [1.807, 2.05) is 12.1 Å². The monoisotopic (exact) mass is 220 g/mol. The smallest absolute Gasteiger partial charge is 0.339 e. The van der Waals surface area contributed by atoms with Gasteiger partial charge in [-0.2, -0.15) is 0 Å². The molecule has 0 atom stereocenters. The lowest BCUT2D eigenvalue weighted by molar-refractivity contribution is 0.0693. The van der Waals surface area contributed by atoms with E-state index in [1.54, 1.807) is 30.7 Å². The predicted octanol–water partition coefficient (Wildman–Crippen LogP) is 2.67. The molecule has 0 aliphatic carbocycles. The van der Waals surface area contributed by atoms with Crippen LogP contribution in [0, 0.1) is 0 Å². The Kier molecular flexibility index (Phi) is 4.66. The molecule has 1 heterocycles. The highest BCUT2D eigenvalue weighted by molar-refractivity contribution is 5.90. The number of carboxylic acids is 1. The first-order valence-corrected chi connectivity index (χ1v) is 4.59. The summed E-state index contributed by atoms with van der Waals surface area (Å²) in [6.07, 6.45) is 3.25. The van der Waals surface area contributed by atoms with Crippen molar-refractivity contribution in [3.05, 3.63) is 54.5 Å². The Hall–Kier alpha value is -2.23. The summed E-state index contributed by atoms with van der Waals surface area (Å²) in [6, 6.07) is 10.2. The largest absolute Gasteiger partial charge is 0.496 e. The lowest BCUT2D eigenvalue weighted by atomic mass is 10.2. The van der Waals surface area contributed by atoms with Gasteiger partial charge in [0.1, 0.15) is 11.3 Å². The number of carboxylic acid groups (broad SMARTS) is 1. The summed E-state index contributed by atoms with van der Waals surface area (Å²) >= 11 is 0. The van der Waals surface area contributed by atoms with Gasteiger partial charge in [0.05, 0.1) is 19.6 Å². The molecule has 4 heteroatoms. The number of aromatic carboxylic acids is 1. The van der Waals surface area contributed by atoms with E-state index in [-0.39, 0.29) is 5.56 Å². The first-order chi connectivity index (χ1) is 7.75. The number of hydrogen-bond donors (Lipinski definition) is 1. The van der Waals surface area contributed by atoms with Crippen molar-refractivity contribution in [1.82, 2.24) is 0 Å². The van der Waals surface area contributed by atoms with Gasteiger partial charge in [-0.1, -0.05) is 12.1 Å². The molecular formula is C12H12O4. The molecule has 84 valence electrons. The van der Waals surface area contributed by atoms with E-state index in [1.165, 1.54) is 13.2 Å². The maximum absolute atomic E-state index is 10.5. The van der Waals surface area contributed by atoms with Crippen LogP contribution >= 0.6 is 0 Å². The Bertz CT molecular complexity index is 403. The van der Waals surface area contributed by atoms with Crippen molar-refractivity contribution in [3.63, 3.8) is 0 Å². The van der Waals surface area contributed by atoms with Crippen LogP contribution in [-0.2, 0) is 0 Å². The van der Waals surface area contributed by atoms with Crippen LogP contribution in [0.4, 0.5) is 0 Å². The number of furan rings is 1. The van der Waals surface area contributed by atoms with Crippen LogP contribution in [0.2, 0.25) is 0 Å². The molecule has 0 bridgehead atoms. The molecule has 0 radical (unpaired) electrons. The summed E-state index contributed by atoms with van der Waals surface area (Å²) in [5.41, 5.74) is 0.190. The third-order valence-electron chi connectivity index (χ3n) is 1.76. The lowest BCUT2D eigenvalue weighted by Gasteiger charge is -2.01. The third-order valence-corrected chi connectivity index (χ3v) is 1.76. The molecule has 0 saturated heterocycles. The fourth-order valence-corrected chi connectivity index (χ4v) is 1.05. The van der Waals surface area contributed by atoms with Crippen molar-refractivity contribution >= 4 is 5.97 Å². The highest BCUT2D eigenvalue weighted by Crippen LogP contribution is 2.16. The first kappa shape index (κ1) is 11.8. The van der Waals surface area contributed by atoms with Gasteiger partial charge in [-0.25, -0.2) is 4.79 Å². The van der Waals surface area contributed by atoms with Crippen molar-refractivity contribution in [2.24, 2.45) is 0 Å². The second-order valence-electron chi connectivity index (χ2n) is 2.80. The molecule has 0 aliphatic heterocycles. The molecular weight excluding hydrogens is 208 g/mol. The van der Waals surface area contributed by atoms with Gasteiger partial charge in [-0.15, -0.1) is 0 Å². The zero-order chi connectivity index (χ0) is 11.8. The minimum absolute atomic E-state index is 0.190. The second-order valence-corrected chi connectivity index (χ2v) is 2.80. The van der Waals surface area contributed by atoms with Crippen molar-refractivity contribution in [2.75, 3.05) is 7.11 Å². The number of carbonyl (C=O) groups is 1. The van der Waals surface area contributed by atoms with Gasteiger partial charge in [0.15, 0.2) is 0 Å². The molecule has 0 unspecified atom stereocenters. The topological polar surface area (TPSA) is 59.7 Å². The van der Waals surface area contributed by atoms with Crippen molar-refractivity contribution in [3.8, 4) is 5.75 Å². The molecule has 0 amide bonds. The van der Waals surface area contributed by atoms with Crippen LogP contribution in [-0.4, -0.2) is 18.2 Å². The Labute approximate surface area is 93.1 Å². The molecule has 2 aromatic rings. The zero-order valence-electron chi connectivity index (χ0n) is 8.79. The SMILES string of the molecule is COc1ccccc1C(=O)O.c1ccoc1. The average molecular weight is 220 g/mol. The van der Waals surface area contributed by atoms with E-state index in [9.17, 15) is 4.79 Å². The minimum Gasteiger partial charge on any atom is -0.496 e. The van der Waals surface area contributed by atoms with Crippen molar-refractivity contribution in [1.29, 1.82) is 0 Å². The van der Waals surface area contributed by atoms with E-state index in [0.29, 0.717) is 5.75 Å². The van der Waals surface area contributed by atoms with E-state index in [2.05, 4.69) is 4.42 Å². The predicted molar refractivity (Wildman–Crippen MR) is 58.7 cm³/mol. The van der Waals surface area contributed by atoms with E-state index in [0.717, 1.165) is 0 Å². The molecule has 0 saturated carbocycles. The molecule has 1 aromatic heterocycles. The Morgan fingerprint density at radius 3 is 2.19 bits per heavy atom. The molecule has 4 nitrogen and oxygen atoms in total. The van der Waals surface area contributed by atoms with Crippen LogP contribution in [0.1, 0.15) is 10.4 Å². The Balaban J connectivity index is 0.000000212. The molecule has 1 aromatic carbocycles. The lowest BCUT2D eigenvalue weighted by Crippen LogP contribution is -1.99. The minimum atomic E-state index is -0.970. The highest BCUT2D eigenvalue weighted by atomic mass is 16.5. The summed E-state index contributed by atoms with van der Waals surface area (Å²) in [7, 11) is 1.45. The normalized spacial score (nSPS) is 8.81. The number of ether oxygens (including phenoxy) is 1. The van der Waals surface area contributed by atoms with Gasteiger partial charge in [0, 0.05) is 0 Å².